The summed E-state index contributed by atoms with van der Waals surface area (Å²) in [5.74, 6) is -8.66. The molecule has 0 fully saturated rings. The van der Waals surface area contributed by atoms with Crippen LogP contribution in [-0.4, -0.2) is 44.3 Å². The Morgan fingerprint density at radius 3 is 1.44 bits per heavy atom. The maximum absolute atomic E-state index is 13.7. The monoisotopic (exact) mass is 466 g/mol. The van der Waals surface area contributed by atoms with Gasteiger partial charge in [-0.25, -0.2) is 19.2 Å². The Bertz CT molecular complexity index is 1160. The minimum atomic E-state index is -5.99. The van der Waals surface area contributed by atoms with Gasteiger partial charge in [0.1, 0.15) is 0 Å². The first kappa shape index (κ1) is 24.2. The topological polar surface area (TPSA) is 149 Å². The number of alkyl halides is 6. The minimum Gasteiger partial charge on any atom is -0.478 e. The molecule has 0 atom stereocenters. The van der Waals surface area contributed by atoms with E-state index in [1.165, 1.54) is 0 Å². The highest BCUT2D eigenvalue weighted by Gasteiger charge is 2.49. The third-order valence-corrected chi connectivity index (χ3v) is 4.13. The molecule has 0 bridgehead atoms. The average molecular weight is 466 g/mol. The second kappa shape index (κ2) is 7.86. The predicted molar refractivity (Wildman–Crippen MR) is 89.7 cm³/mol. The Balaban J connectivity index is 3.18. The highest BCUT2D eigenvalue weighted by Crippen LogP contribution is 2.48. The maximum Gasteiger partial charge on any atom is 0.417 e. The van der Waals surface area contributed by atoms with Crippen molar-refractivity contribution in [2.24, 2.45) is 0 Å². The quantitative estimate of drug-likeness (QED) is 0.480. The molecule has 4 N–H and O–H groups in total. The molecule has 2 rings (SSSR count). The molecular weight excluding hydrogens is 458 g/mol. The molecular formula is C18H8F6O8. The standard InChI is InChI=1S/C18H8F6O8/c19-17(20,21)11-7(5-1-2-6(13(25)26)8(3-5)14(27)28)4-9(15(29)30)10(16(31)32)12(11)18(22,23)24/h1-4H,(H,25,26)(H,27,28)(H,29,30)(H,31,32). The summed E-state index contributed by atoms with van der Waals surface area (Å²) in [5.41, 5.74) is -13.6. The Morgan fingerprint density at radius 2 is 1.06 bits per heavy atom. The summed E-state index contributed by atoms with van der Waals surface area (Å²) < 4.78 is 81.9. The highest BCUT2D eigenvalue weighted by molar-refractivity contribution is 6.06. The van der Waals surface area contributed by atoms with Crippen LogP contribution in [0.5, 0.6) is 0 Å². The minimum absolute atomic E-state index is 0.00521. The predicted octanol–water partition coefficient (Wildman–Crippen LogP) is 4.18. The van der Waals surface area contributed by atoms with Gasteiger partial charge in [0.05, 0.1) is 33.4 Å². The van der Waals surface area contributed by atoms with Crippen LogP contribution in [0.4, 0.5) is 26.3 Å². The normalized spacial score (nSPS) is 11.8. The molecule has 2 aromatic rings. The molecule has 0 heterocycles. The average Bonchev–Trinajstić information content (AvgIpc) is 2.63. The Kier molecular flexibility index (Phi) is 5.94. The molecule has 0 aliphatic carbocycles. The van der Waals surface area contributed by atoms with Gasteiger partial charge in [-0.15, -0.1) is 0 Å². The van der Waals surface area contributed by atoms with Crippen molar-refractivity contribution in [3.05, 3.63) is 57.6 Å². The van der Waals surface area contributed by atoms with E-state index >= 15 is 0 Å². The third-order valence-electron chi connectivity index (χ3n) is 4.13. The van der Waals surface area contributed by atoms with Crippen LogP contribution in [0.15, 0.2) is 24.3 Å². The van der Waals surface area contributed by atoms with E-state index in [9.17, 15) is 45.5 Å². The largest absolute Gasteiger partial charge is 0.478 e. The van der Waals surface area contributed by atoms with Crippen molar-refractivity contribution in [1.82, 2.24) is 0 Å². The van der Waals surface area contributed by atoms with Crippen molar-refractivity contribution in [3.63, 3.8) is 0 Å². The molecule has 0 aliphatic rings. The van der Waals surface area contributed by atoms with E-state index < -0.39 is 80.7 Å². The number of carboxylic acids is 4. The molecule has 2 aromatic carbocycles. The van der Waals surface area contributed by atoms with Crippen LogP contribution >= 0.6 is 0 Å². The van der Waals surface area contributed by atoms with Gasteiger partial charge in [-0.05, 0) is 29.3 Å². The number of hydrogen-bond donors (Lipinski definition) is 4. The smallest absolute Gasteiger partial charge is 0.417 e. The van der Waals surface area contributed by atoms with Crippen LogP contribution in [0.2, 0.25) is 0 Å². The summed E-state index contributed by atoms with van der Waals surface area (Å²) in [6.07, 6.45) is -11.9. The van der Waals surface area contributed by atoms with Crippen molar-refractivity contribution >= 4 is 23.9 Å². The number of carbonyl (C=O) groups is 4. The van der Waals surface area contributed by atoms with E-state index in [4.69, 9.17) is 20.4 Å². The van der Waals surface area contributed by atoms with Gasteiger partial charge >= 0.3 is 36.2 Å². The molecule has 14 heteroatoms. The fourth-order valence-electron chi connectivity index (χ4n) is 2.95. The van der Waals surface area contributed by atoms with Crippen LogP contribution < -0.4 is 0 Å². The molecule has 0 amide bonds. The zero-order chi connectivity index (χ0) is 24.8. The number of aromatic carboxylic acids is 4. The molecule has 0 aromatic heterocycles. The fraction of sp³-hybridized carbons (Fsp3) is 0.111. The molecule has 0 saturated heterocycles. The Hall–Kier alpha value is -4.10. The maximum atomic E-state index is 13.7. The lowest BCUT2D eigenvalue weighted by atomic mass is 9.86. The van der Waals surface area contributed by atoms with Gasteiger partial charge in [0.2, 0.25) is 0 Å². The summed E-state index contributed by atoms with van der Waals surface area (Å²) in [6.45, 7) is 0. The lowest BCUT2D eigenvalue weighted by Crippen LogP contribution is -2.25. The van der Waals surface area contributed by atoms with E-state index in [2.05, 4.69) is 0 Å². The van der Waals surface area contributed by atoms with Gasteiger partial charge in [-0.1, -0.05) is 6.07 Å². The van der Waals surface area contributed by atoms with Crippen LogP contribution in [-0.2, 0) is 12.4 Å². The number of hydrogen-bond acceptors (Lipinski definition) is 4. The highest BCUT2D eigenvalue weighted by atomic mass is 19.4. The number of halogens is 6. The first-order valence-corrected chi connectivity index (χ1v) is 7.91. The first-order chi connectivity index (χ1) is 14.5. The summed E-state index contributed by atoms with van der Waals surface area (Å²) in [6, 6.07) is 1.35. The fourth-order valence-corrected chi connectivity index (χ4v) is 2.95. The van der Waals surface area contributed by atoms with Crippen LogP contribution in [0, 0.1) is 0 Å². The number of rotatable bonds is 5. The van der Waals surface area contributed by atoms with Crippen LogP contribution in [0.1, 0.15) is 52.6 Å². The van der Waals surface area contributed by atoms with Gasteiger partial charge in [-0.3, -0.25) is 0 Å². The molecule has 170 valence electrons. The van der Waals surface area contributed by atoms with Gasteiger partial charge in [0.25, 0.3) is 0 Å². The van der Waals surface area contributed by atoms with Gasteiger partial charge < -0.3 is 20.4 Å². The molecule has 32 heavy (non-hydrogen) atoms. The zero-order valence-electron chi connectivity index (χ0n) is 15.0. The Morgan fingerprint density at radius 1 is 0.594 bits per heavy atom. The van der Waals surface area contributed by atoms with Gasteiger partial charge in [0.15, 0.2) is 0 Å². The second-order valence-electron chi connectivity index (χ2n) is 6.07. The summed E-state index contributed by atoms with van der Waals surface area (Å²) in [4.78, 5) is 45.1. The van der Waals surface area contributed by atoms with Gasteiger partial charge in [0, 0.05) is 0 Å². The molecule has 0 saturated carbocycles. The lowest BCUT2D eigenvalue weighted by molar-refractivity contribution is -0.162. The first-order valence-electron chi connectivity index (χ1n) is 7.91. The SMILES string of the molecule is O=C(O)c1ccc(-c2cc(C(=O)O)c(C(=O)O)c(C(F)(F)F)c2C(F)(F)F)cc1C(=O)O. The van der Waals surface area contributed by atoms with Crippen molar-refractivity contribution in [2.75, 3.05) is 0 Å². The van der Waals surface area contributed by atoms with Crippen molar-refractivity contribution < 1.29 is 65.9 Å². The summed E-state index contributed by atoms with van der Waals surface area (Å²) in [7, 11) is 0. The molecule has 0 unspecified atom stereocenters. The van der Waals surface area contributed by atoms with Crippen LogP contribution in [0.3, 0.4) is 0 Å². The van der Waals surface area contributed by atoms with E-state index in [-0.39, 0.29) is 6.07 Å². The van der Waals surface area contributed by atoms with E-state index in [0.29, 0.717) is 18.2 Å². The third kappa shape index (κ3) is 4.33. The van der Waals surface area contributed by atoms with E-state index in [0.717, 1.165) is 0 Å². The molecule has 0 spiro atoms. The molecule has 8 nitrogen and oxygen atoms in total. The van der Waals surface area contributed by atoms with Crippen molar-refractivity contribution in [1.29, 1.82) is 0 Å². The van der Waals surface area contributed by atoms with E-state index in [1.807, 2.05) is 0 Å². The molecule has 0 aliphatic heterocycles. The van der Waals surface area contributed by atoms with Crippen molar-refractivity contribution in [2.45, 2.75) is 12.4 Å². The van der Waals surface area contributed by atoms with Crippen molar-refractivity contribution in [3.8, 4) is 11.1 Å². The zero-order valence-corrected chi connectivity index (χ0v) is 15.0. The lowest BCUT2D eigenvalue weighted by Gasteiger charge is -2.23. The number of carboxylic acid groups (broad SMARTS) is 4. The van der Waals surface area contributed by atoms with Crippen LogP contribution in [0.25, 0.3) is 11.1 Å². The number of benzene rings is 2. The van der Waals surface area contributed by atoms with Gasteiger partial charge in [-0.2, -0.15) is 26.3 Å². The summed E-state index contributed by atoms with van der Waals surface area (Å²) in [5, 5.41) is 36.3. The Labute approximate surface area is 171 Å². The summed E-state index contributed by atoms with van der Waals surface area (Å²) >= 11 is 0. The second-order valence-corrected chi connectivity index (χ2v) is 6.07. The molecule has 0 radical (unpaired) electrons. The van der Waals surface area contributed by atoms with E-state index in [1.54, 1.807) is 0 Å².